The van der Waals surface area contributed by atoms with Crippen LogP contribution in [0.15, 0.2) is 22.7 Å². The molecule has 0 aliphatic heterocycles. The summed E-state index contributed by atoms with van der Waals surface area (Å²) in [6.07, 6.45) is 0. The predicted octanol–water partition coefficient (Wildman–Crippen LogP) is 2.24. The van der Waals surface area contributed by atoms with Crippen molar-refractivity contribution in [1.82, 2.24) is 20.2 Å². The van der Waals surface area contributed by atoms with Crippen molar-refractivity contribution in [2.75, 3.05) is 5.32 Å². The summed E-state index contributed by atoms with van der Waals surface area (Å²) in [6.45, 7) is 0.507. The summed E-state index contributed by atoms with van der Waals surface area (Å²) in [5.41, 5.74) is 0.903. The number of nitrogens with zero attached hydrogens (tertiary/aromatic N) is 4. The second kappa shape index (κ2) is 4.80. The zero-order valence-electron chi connectivity index (χ0n) is 8.48. The maximum absolute atomic E-state index is 5.89. The minimum Gasteiger partial charge on any atom is -0.377 e. The van der Waals surface area contributed by atoms with Crippen LogP contribution in [0.25, 0.3) is 0 Å². The third kappa shape index (κ3) is 2.70. The molecular formula is C9H9BrClN5. The van der Waals surface area contributed by atoms with Crippen LogP contribution in [0.2, 0.25) is 5.02 Å². The second-order valence-corrected chi connectivity index (χ2v) is 4.46. The van der Waals surface area contributed by atoms with Crippen LogP contribution in [0.3, 0.4) is 0 Å². The highest BCUT2D eigenvalue weighted by atomic mass is 79.9. The summed E-state index contributed by atoms with van der Waals surface area (Å²) in [5, 5.41) is 15.5. The average Bonchev–Trinajstić information content (AvgIpc) is 2.66. The van der Waals surface area contributed by atoms with Gasteiger partial charge in [0.05, 0.1) is 19.3 Å². The Labute approximate surface area is 106 Å². The molecule has 0 unspecified atom stereocenters. The van der Waals surface area contributed by atoms with Crippen molar-refractivity contribution in [3.63, 3.8) is 0 Å². The maximum Gasteiger partial charge on any atom is 0.193 e. The average molecular weight is 303 g/mol. The Morgan fingerprint density at radius 3 is 3.00 bits per heavy atom. The van der Waals surface area contributed by atoms with E-state index in [2.05, 4.69) is 36.7 Å². The van der Waals surface area contributed by atoms with Crippen molar-refractivity contribution in [3.05, 3.63) is 33.5 Å². The molecule has 1 aromatic carbocycles. The van der Waals surface area contributed by atoms with Crippen molar-refractivity contribution in [3.8, 4) is 0 Å². The van der Waals surface area contributed by atoms with E-state index in [9.17, 15) is 0 Å². The summed E-state index contributed by atoms with van der Waals surface area (Å²) in [6, 6.07) is 5.54. The highest BCUT2D eigenvalue weighted by Gasteiger charge is 2.03. The third-order valence-electron chi connectivity index (χ3n) is 1.92. The molecule has 0 atom stereocenters. The van der Waals surface area contributed by atoms with Crippen LogP contribution in [0.4, 0.5) is 5.69 Å². The van der Waals surface area contributed by atoms with Gasteiger partial charge in [-0.05, 0) is 39.3 Å². The molecule has 0 aliphatic rings. The number of anilines is 1. The molecule has 1 N–H and O–H groups in total. The Balaban J connectivity index is 2.07. The molecule has 1 aromatic heterocycles. The molecule has 16 heavy (non-hydrogen) atoms. The van der Waals surface area contributed by atoms with Crippen molar-refractivity contribution in [1.29, 1.82) is 0 Å². The summed E-state index contributed by atoms with van der Waals surface area (Å²) in [7, 11) is 1.73. The molecule has 0 saturated carbocycles. The fourth-order valence-corrected chi connectivity index (χ4v) is 1.76. The van der Waals surface area contributed by atoms with Gasteiger partial charge in [-0.15, -0.1) is 10.2 Å². The number of benzene rings is 1. The van der Waals surface area contributed by atoms with E-state index in [-0.39, 0.29) is 0 Å². The van der Waals surface area contributed by atoms with Gasteiger partial charge < -0.3 is 5.32 Å². The Kier molecular flexibility index (Phi) is 3.40. The van der Waals surface area contributed by atoms with Crippen LogP contribution in [0.5, 0.6) is 0 Å². The quantitative estimate of drug-likeness (QED) is 0.945. The van der Waals surface area contributed by atoms with Gasteiger partial charge in [0.15, 0.2) is 5.82 Å². The van der Waals surface area contributed by atoms with E-state index >= 15 is 0 Å². The van der Waals surface area contributed by atoms with Crippen LogP contribution < -0.4 is 5.32 Å². The smallest absolute Gasteiger partial charge is 0.193 e. The lowest BCUT2D eigenvalue weighted by molar-refractivity contribution is 0.628. The molecule has 84 valence electrons. The lowest BCUT2D eigenvalue weighted by atomic mass is 10.3. The van der Waals surface area contributed by atoms with Gasteiger partial charge in [0.25, 0.3) is 0 Å². The Bertz CT molecular complexity index is 498. The summed E-state index contributed by atoms with van der Waals surface area (Å²) < 4.78 is 0.945. The number of rotatable bonds is 3. The normalized spacial score (nSPS) is 10.4. The molecule has 5 nitrogen and oxygen atoms in total. The number of hydrogen-bond donors (Lipinski definition) is 1. The summed E-state index contributed by atoms with van der Waals surface area (Å²) in [4.78, 5) is 1.42. The maximum atomic E-state index is 5.89. The van der Waals surface area contributed by atoms with Crippen LogP contribution in [-0.2, 0) is 13.6 Å². The molecule has 0 amide bonds. The first-order valence-corrected chi connectivity index (χ1v) is 5.74. The number of halogens is 2. The van der Waals surface area contributed by atoms with Crippen molar-refractivity contribution in [2.24, 2.45) is 7.05 Å². The number of aromatic nitrogens is 4. The monoisotopic (exact) mass is 301 g/mol. The molecule has 7 heteroatoms. The fraction of sp³-hybridized carbons (Fsp3) is 0.222. The fourth-order valence-electron chi connectivity index (χ4n) is 1.20. The molecule has 0 saturated heterocycles. The van der Waals surface area contributed by atoms with Gasteiger partial charge in [0.1, 0.15) is 0 Å². The lowest BCUT2D eigenvalue weighted by Gasteiger charge is -2.06. The van der Waals surface area contributed by atoms with E-state index in [4.69, 9.17) is 11.6 Å². The van der Waals surface area contributed by atoms with Crippen LogP contribution in [0, 0.1) is 0 Å². The van der Waals surface area contributed by atoms with E-state index < -0.39 is 0 Å². The number of aryl methyl sites for hydroxylation is 1. The largest absolute Gasteiger partial charge is 0.377 e. The van der Waals surface area contributed by atoms with Gasteiger partial charge in [0.2, 0.25) is 0 Å². The van der Waals surface area contributed by atoms with Crippen LogP contribution in [0.1, 0.15) is 5.82 Å². The van der Waals surface area contributed by atoms with Crippen LogP contribution >= 0.6 is 27.5 Å². The molecule has 2 aromatic rings. The van der Waals surface area contributed by atoms with Gasteiger partial charge in [-0.3, -0.25) is 0 Å². The number of tetrazole rings is 1. The molecule has 0 fully saturated rings. The third-order valence-corrected chi connectivity index (χ3v) is 2.84. The predicted molar refractivity (Wildman–Crippen MR) is 65.3 cm³/mol. The van der Waals surface area contributed by atoms with E-state index in [0.717, 1.165) is 10.2 Å². The zero-order chi connectivity index (χ0) is 11.5. The second-order valence-electron chi connectivity index (χ2n) is 3.17. The van der Waals surface area contributed by atoms with Crippen molar-refractivity contribution in [2.45, 2.75) is 6.54 Å². The molecule has 0 aliphatic carbocycles. The molecular weight excluding hydrogens is 293 g/mol. The van der Waals surface area contributed by atoms with Gasteiger partial charge >= 0.3 is 0 Å². The highest BCUT2D eigenvalue weighted by Crippen LogP contribution is 2.25. The first-order valence-electron chi connectivity index (χ1n) is 4.57. The summed E-state index contributed by atoms with van der Waals surface area (Å²) >= 11 is 9.32. The van der Waals surface area contributed by atoms with E-state index in [1.165, 1.54) is 4.80 Å². The molecule has 1 heterocycles. The zero-order valence-corrected chi connectivity index (χ0v) is 10.8. The SMILES string of the molecule is Cn1nnc(CNc2cc(Cl)ccc2Br)n1. The number of nitrogens with one attached hydrogen (secondary N) is 1. The van der Waals surface area contributed by atoms with E-state index in [0.29, 0.717) is 17.4 Å². The first kappa shape index (κ1) is 11.3. The minimum absolute atomic E-state index is 0.507. The van der Waals surface area contributed by atoms with Gasteiger partial charge in [-0.25, -0.2) is 0 Å². The molecule has 0 spiro atoms. The highest BCUT2D eigenvalue weighted by molar-refractivity contribution is 9.10. The molecule has 0 bridgehead atoms. The minimum atomic E-state index is 0.507. The van der Waals surface area contributed by atoms with Gasteiger partial charge in [-0.2, -0.15) is 4.80 Å². The van der Waals surface area contributed by atoms with E-state index in [1.807, 2.05) is 18.2 Å². The molecule has 0 radical (unpaired) electrons. The van der Waals surface area contributed by atoms with Crippen molar-refractivity contribution < 1.29 is 0 Å². The number of hydrogen-bond acceptors (Lipinski definition) is 4. The standard InChI is InChI=1S/C9H9BrClN5/c1-16-14-9(13-15-16)5-12-8-4-6(11)2-3-7(8)10/h2-4,12H,5H2,1H3. The first-order chi connectivity index (χ1) is 7.65. The lowest BCUT2D eigenvalue weighted by Crippen LogP contribution is -2.02. The van der Waals surface area contributed by atoms with Crippen LogP contribution in [-0.4, -0.2) is 20.2 Å². The van der Waals surface area contributed by atoms with Gasteiger partial charge in [0, 0.05) is 9.50 Å². The van der Waals surface area contributed by atoms with E-state index in [1.54, 1.807) is 7.05 Å². The molecule has 2 rings (SSSR count). The topological polar surface area (TPSA) is 55.6 Å². The Morgan fingerprint density at radius 1 is 1.50 bits per heavy atom. The summed E-state index contributed by atoms with van der Waals surface area (Å²) in [5.74, 6) is 0.634. The Morgan fingerprint density at radius 2 is 2.31 bits per heavy atom. The Hall–Kier alpha value is -1.14. The van der Waals surface area contributed by atoms with Gasteiger partial charge in [-0.1, -0.05) is 11.6 Å². The van der Waals surface area contributed by atoms with Crippen molar-refractivity contribution >= 4 is 33.2 Å².